The first-order valence-corrected chi connectivity index (χ1v) is 7.17. The highest BCUT2D eigenvalue weighted by Crippen LogP contribution is 2.20. The molecule has 2 rings (SSSR count). The molecule has 2 N–H and O–H groups in total. The Morgan fingerprint density at radius 1 is 1.63 bits per heavy atom. The fourth-order valence-electron chi connectivity index (χ4n) is 2.57. The van der Waals surface area contributed by atoms with Crippen molar-refractivity contribution >= 4 is 17.3 Å². The van der Waals surface area contributed by atoms with E-state index in [9.17, 15) is 4.79 Å². The minimum atomic E-state index is -0.350. The van der Waals surface area contributed by atoms with Crippen molar-refractivity contribution in [1.29, 1.82) is 0 Å². The molecule has 1 aromatic heterocycles. The van der Waals surface area contributed by atoms with E-state index in [0.717, 1.165) is 19.6 Å². The average Bonchev–Trinajstić information content (AvgIpc) is 2.78. The molecular weight excluding hydrogens is 264 g/mol. The maximum Gasteiger partial charge on any atom is 0.285 e. The molecule has 0 spiro atoms. The number of hydrogen-bond acceptors (Lipinski definition) is 4. The molecule has 1 atom stereocenters. The first-order chi connectivity index (χ1) is 9.08. The standard InChI is InChI=1S/C13H21ClN4O/c1-9(2)8-18-5-3-4-10(18)6-15-11-7-16-17-13(19)12(11)14/h7,9-10H,3-6,8H2,1-2H3,(H2,15,17,19)/t10-/m1/s1. The van der Waals surface area contributed by atoms with Crippen LogP contribution in [-0.2, 0) is 0 Å². The van der Waals surface area contributed by atoms with E-state index < -0.39 is 0 Å². The Hall–Kier alpha value is -1.07. The van der Waals surface area contributed by atoms with Crippen LogP contribution in [0.2, 0.25) is 5.02 Å². The molecule has 1 aromatic rings. The van der Waals surface area contributed by atoms with E-state index in [2.05, 4.69) is 34.3 Å². The smallest absolute Gasteiger partial charge is 0.285 e. The highest BCUT2D eigenvalue weighted by Gasteiger charge is 2.24. The van der Waals surface area contributed by atoms with Gasteiger partial charge in [-0.15, -0.1) is 0 Å². The number of rotatable bonds is 5. The second-order valence-electron chi connectivity index (χ2n) is 5.49. The van der Waals surface area contributed by atoms with Crippen molar-refractivity contribution in [3.63, 3.8) is 0 Å². The molecule has 6 heteroatoms. The summed E-state index contributed by atoms with van der Waals surface area (Å²) in [4.78, 5) is 13.9. The van der Waals surface area contributed by atoms with Gasteiger partial charge >= 0.3 is 0 Å². The number of anilines is 1. The second-order valence-corrected chi connectivity index (χ2v) is 5.87. The lowest BCUT2D eigenvalue weighted by molar-refractivity contribution is 0.234. The highest BCUT2D eigenvalue weighted by molar-refractivity contribution is 6.32. The SMILES string of the molecule is CC(C)CN1CCC[C@@H]1CNc1cn[nH]c(=O)c1Cl. The largest absolute Gasteiger partial charge is 0.381 e. The molecule has 0 radical (unpaired) electrons. The number of nitrogens with zero attached hydrogens (tertiary/aromatic N) is 2. The molecule has 0 aliphatic carbocycles. The van der Waals surface area contributed by atoms with Gasteiger partial charge in [0.25, 0.3) is 5.56 Å². The number of hydrogen-bond donors (Lipinski definition) is 2. The predicted octanol–water partition coefficient (Wildman–Crippen LogP) is 1.96. The van der Waals surface area contributed by atoms with E-state index in [1.807, 2.05) is 0 Å². The minimum Gasteiger partial charge on any atom is -0.381 e. The molecule has 0 bridgehead atoms. The third-order valence-corrected chi connectivity index (χ3v) is 3.80. The number of H-pyrrole nitrogens is 1. The Kier molecular flexibility index (Phi) is 4.82. The van der Waals surface area contributed by atoms with Gasteiger partial charge in [-0.25, -0.2) is 5.10 Å². The van der Waals surface area contributed by atoms with E-state index in [1.54, 1.807) is 6.20 Å². The van der Waals surface area contributed by atoms with E-state index in [4.69, 9.17) is 11.6 Å². The second kappa shape index (κ2) is 6.39. The summed E-state index contributed by atoms with van der Waals surface area (Å²) in [6, 6.07) is 0.512. The fraction of sp³-hybridized carbons (Fsp3) is 0.692. The zero-order valence-corrected chi connectivity index (χ0v) is 12.2. The van der Waals surface area contributed by atoms with Gasteiger partial charge in [-0.2, -0.15) is 5.10 Å². The topological polar surface area (TPSA) is 61.0 Å². The van der Waals surface area contributed by atoms with Crippen LogP contribution in [0.25, 0.3) is 0 Å². The van der Waals surface area contributed by atoms with Crippen molar-refractivity contribution in [3.8, 4) is 0 Å². The Labute approximate surface area is 118 Å². The van der Waals surface area contributed by atoms with E-state index in [1.165, 1.54) is 12.8 Å². The Morgan fingerprint density at radius 3 is 3.16 bits per heavy atom. The zero-order valence-electron chi connectivity index (χ0n) is 11.4. The summed E-state index contributed by atoms with van der Waals surface area (Å²) in [6.07, 6.45) is 3.99. The molecule has 5 nitrogen and oxygen atoms in total. The van der Waals surface area contributed by atoms with E-state index in [0.29, 0.717) is 17.6 Å². The number of likely N-dealkylation sites (tertiary alicyclic amines) is 1. The molecule has 106 valence electrons. The van der Waals surface area contributed by atoms with Crippen molar-refractivity contribution < 1.29 is 0 Å². The van der Waals surface area contributed by atoms with Crippen LogP contribution in [0.5, 0.6) is 0 Å². The molecule has 19 heavy (non-hydrogen) atoms. The molecule has 0 unspecified atom stereocenters. The average molecular weight is 285 g/mol. The molecule has 1 aliphatic heterocycles. The van der Waals surface area contributed by atoms with Gasteiger partial charge in [0.2, 0.25) is 0 Å². The maximum absolute atomic E-state index is 11.3. The van der Waals surface area contributed by atoms with Gasteiger partial charge in [0.1, 0.15) is 5.02 Å². The summed E-state index contributed by atoms with van der Waals surface area (Å²) in [7, 11) is 0. The highest BCUT2D eigenvalue weighted by atomic mass is 35.5. The monoisotopic (exact) mass is 284 g/mol. The van der Waals surface area contributed by atoms with Crippen molar-refractivity contribution in [3.05, 3.63) is 21.6 Å². The minimum absolute atomic E-state index is 0.184. The molecule has 0 amide bonds. The van der Waals surface area contributed by atoms with Crippen molar-refractivity contribution in [1.82, 2.24) is 15.1 Å². The van der Waals surface area contributed by atoms with Crippen LogP contribution in [0.15, 0.2) is 11.0 Å². The van der Waals surface area contributed by atoms with E-state index >= 15 is 0 Å². The lowest BCUT2D eigenvalue weighted by Gasteiger charge is -2.26. The third-order valence-electron chi connectivity index (χ3n) is 3.42. The van der Waals surface area contributed by atoms with Crippen molar-refractivity contribution in [2.75, 3.05) is 25.0 Å². The third kappa shape index (κ3) is 3.70. The summed E-state index contributed by atoms with van der Waals surface area (Å²) in [5, 5.41) is 9.50. The quantitative estimate of drug-likeness (QED) is 0.868. The maximum atomic E-state index is 11.3. The van der Waals surface area contributed by atoms with Crippen LogP contribution in [0, 0.1) is 5.92 Å². The van der Waals surface area contributed by atoms with Gasteiger partial charge in [-0.3, -0.25) is 9.69 Å². The van der Waals surface area contributed by atoms with Gasteiger partial charge in [0.15, 0.2) is 0 Å². The van der Waals surface area contributed by atoms with Gasteiger partial charge in [-0.05, 0) is 25.3 Å². The van der Waals surface area contributed by atoms with Crippen LogP contribution in [0.4, 0.5) is 5.69 Å². The van der Waals surface area contributed by atoms with Crippen LogP contribution < -0.4 is 10.9 Å². The first-order valence-electron chi connectivity index (χ1n) is 6.79. The molecule has 0 saturated carbocycles. The zero-order chi connectivity index (χ0) is 13.8. The van der Waals surface area contributed by atoms with Gasteiger partial charge in [0.05, 0.1) is 11.9 Å². The Balaban J connectivity index is 1.94. The van der Waals surface area contributed by atoms with Gasteiger partial charge < -0.3 is 5.32 Å². The Bertz CT molecular complexity index is 474. The summed E-state index contributed by atoms with van der Waals surface area (Å²) in [6.45, 7) is 7.55. The van der Waals surface area contributed by atoms with Crippen LogP contribution in [0.1, 0.15) is 26.7 Å². The molecule has 1 saturated heterocycles. The predicted molar refractivity (Wildman–Crippen MR) is 77.8 cm³/mol. The van der Waals surface area contributed by atoms with E-state index in [-0.39, 0.29) is 10.6 Å². The lowest BCUT2D eigenvalue weighted by Crippen LogP contribution is -2.37. The lowest BCUT2D eigenvalue weighted by atomic mass is 10.1. The summed E-state index contributed by atoms with van der Waals surface area (Å²) in [5.41, 5.74) is 0.263. The van der Waals surface area contributed by atoms with Crippen LogP contribution >= 0.6 is 11.6 Å². The molecule has 0 aromatic carbocycles. The number of nitrogens with one attached hydrogen (secondary N) is 2. The summed E-state index contributed by atoms with van der Waals surface area (Å²) in [5.74, 6) is 0.672. The summed E-state index contributed by atoms with van der Waals surface area (Å²) >= 11 is 5.94. The number of aromatic amines is 1. The number of halogens is 1. The van der Waals surface area contributed by atoms with Gasteiger partial charge in [0, 0.05) is 19.1 Å². The first kappa shape index (κ1) is 14.3. The van der Waals surface area contributed by atoms with Gasteiger partial charge in [-0.1, -0.05) is 25.4 Å². The molecule has 1 aliphatic rings. The normalized spacial score (nSPS) is 20.1. The van der Waals surface area contributed by atoms with Crippen LogP contribution in [-0.4, -0.2) is 40.8 Å². The molecular formula is C13H21ClN4O. The molecule has 2 heterocycles. The van der Waals surface area contributed by atoms with Crippen molar-refractivity contribution in [2.24, 2.45) is 5.92 Å². The number of aromatic nitrogens is 2. The summed E-state index contributed by atoms with van der Waals surface area (Å²) < 4.78 is 0. The Morgan fingerprint density at radius 2 is 2.42 bits per heavy atom. The van der Waals surface area contributed by atoms with Crippen molar-refractivity contribution in [2.45, 2.75) is 32.7 Å². The van der Waals surface area contributed by atoms with Crippen LogP contribution in [0.3, 0.4) is 0 Å². The fourth-order valence-corrected chi connectivity index (χ4v) is 2.73. The molecule has 1 fully saturated rings.